The van der Waals surface area contributed by atoms with Gasteiger partial charge in [0, 0.05) is 23.4 Å². The van der Waals surface area contributed by atoms with Gasteiger partial charge in [-0.1, -0.05) is 41.3 Å². The van der Waals surface area contributed by atoms with Crippen molar-refractivity contribution >= 4 is 28.1 Å². The van der Waals surface area contributed by atoms with Crippen LogP contribution in [0.5, 0.6) is 0 Å². The number of aromatic nitrogens is 6. The van der Waals surface area contributed by atoms with E-state index in [4.69, 9.17) is 0 Å². The summed E-state index contributed by atoms with van der Waals surface area (Å²) in [4.78, 5) is 17.1. The minimum absolute atomic E-state index is 0.145. The Kier molecular flexibility index (Phi) is 4.05. The van der Waals surface area contributed by atoms with E-state index >= 15 is 0 Å². The van der Waals surface area contributed by atoms with Crippen LogP contribution < -0.4 is 5.56 Å². The van der Waals surface area contributed by atoms with E-state index < -0.39 is 0 Å². The molecular weight excluding hydrogens is 380 g/mol. The molecule has 3 heterocycles. The monoisotopic (exact) mass is 396 g/mol. The van der Waals surface area contributed by atoms with E-state index in [2.05, 4.69) is 37.0 Å². The van der Waals surface area contributed by atoms with E-state index in [9.17, 15) is 4.79 Å². The molecule has 4 aromatic rings. The Bertz CT molecular complexity index is 1180. The zero-order valence-corrected chi connectivity index (χ0v) is 16.2. The normalized spacial score (nSPS) is 14.1. The molecule has 3 aromatic heterocycles. The summed E-state index contributed by atoms with van der Waals surface area (Å²) in [6.07, 6.45) is 2.34. The fraction of sp³-hybridized carbons (Fsp3) is 0.278. The van der Waals surface area contributed by atoms with Gasteiger partial charge in [0.1, 0.15) is 10.8 Å². The third kappa shape index (κ3) is 3.17. The summed E-state index contributed by atoms with van der Waals surface area (Å²) in [5, 5.41) is 15.0. The van der Waals surface area contributed by atoms with Gasteiger partial charge in [0.05, 0.1) is 5.75 Å². The Hall–Kier alpha value is -2.52. The summed E-state index contributed by atoms with van der Waals surface area (Å²) < 4.78 is 3.51. The molecule has 0 radical (unpaired) electrons. The molecule has 0 atom stereocenters. The molecule has 27 heavy (non-hydrogen) atoms. The first kappa shape index (κ1) is 16.6. The Morgan fingerprint density at radius 3 is 2.81 bits per heavy atom. The lowest BCUT2D eigenvalue weighted by Crippen LogP contribution is -2.14. The molecular formula is C18H16N6OS2. The summed E-state index contributed by atoms with van der Waals surface area (Å²) in [5.74, 6) is 2.14. The van der Waals surface area contributed by atoms with Crippen molar-refractivity contribution in [3.63, 3.8) is 0 Å². The number of benzene rings is 1. The van der Waals surface area contributed by atoms with Gasteiger partial charge < -0.3 is 0 Å². The zero-order chi connectivity index (χ0) is 18.4. The average Bonchev–Trinajstić information content (AvgIpc) is 3.28. The molecule has 1 fully saturated rings. The highest BCUT2D eigenvalue weighted by atomic mass is 32.2. The number of hydrogen-bond acceptors (Lipinski definition) is 7. The summed E-state index contributed by atoms with van der Waals surface area (Å²) in [7, 11) is 0. The molecule has 0 bridgehead atoms. The summed E-state index contributed by atoms with van der Waals surface area (Å²) in [6, 6.07) is 11.7. The number of thioether (sulfide) groups is 1. The number of aryl methyl sites for hydroxylation is 1. The number of para-hydroxylation sites is 1. The van der Waals surface area contributed by atoms with Crippen molar-refractivity contribution in [1.82, 2.24) is 29.4 Å². The second kappa shape index (κ2) is 6.58. The van der Waals surface area contributed by atoms with Crippen LogP contribution in [0.25, 0.3) is 10.6 Å². The van der Waals surface area contributed by atoms with Crippen molar-refractivity contribution in [1.29, 1.82) is 0 Å². The maximum atomic E-state index is 12.0. The van der Waals surface area contributed by atoms with Crippen LogP contribution in [0, 0.1) is 6.92 Å². The molecule has 9 heteroatoms. The molecule has 0 spiro atoms. The van der Waals surface area contributed by atoms with Gasteiger partial charge in [-0.25, -0.2) is 4.98 Å². The Labute approximate surface area is 163 Å². The lowest BCUT2D eigenvalue weighted by Gasteiger charge is -2.09. The molecule has 1 aliphatic rings. The fourth-order valence-corrected chi connectivity index (χ4v) is 4.83. The van der Waals surface area contributed by atoms with E-state index in [1.807, 2.05) is 25.1 Å². The first-order valence-corrected chi connectivity index (χ1v) is 10.5. The van der Waals surface area contributed by atoms with Crippen LogP contribution in [0.3, 0.4) is 0 Å². The van der Waals surface area contributed by atoms with E-state index in [-0.39, 0.29) is 5.56 Å². The third-order valence-corrected chi connectivity index (χ3v) is 6.39. The Morgan fingerprint density at radius 1 is 1.22 bits per heavy atom. The number of nitrogens with zero attached hydrogens (tertiary/aromatic N) is 6. The van der Waals surface area contributed by atoms with Crippen molar-refractivity contribution in [3.05, 3.63) is 63.3 Å². The number of fused-ring (bicyclic) bond motifs is 1. The molecule has 1 aliphatic carbocycles. The molecule has 0 saturated heterocycles. The highest BCUT2D eigenvalue weighted by Crippen LogP contribution is 2.41. The zero-order valence-electron chi connectivity index (χ0n) is 14.6. The summed E-state index contributed by atoms with van der Waals surface area (Å²) in [5.41, 5.74) is 1.64. The molecule has 0 amide bonds. The molecule has 5 rings (SSSR count). The van der Waals surface area contributed by atoms with Crippen LogP contribution in [0.15, 0.2) is 46.3 Å². The lowest BCUT2D eigenvalue weighted by atomic mass is 10.3. The van der Waals surface area contributed by atoms with Gasteiger partial charge >= 0.3 is 0 Å². The Balaban J connectivity index is 1.46. The van der Waals surface area contributed by atoms with Crippen molar-refractivity contribution in [3.8, 4) is 5.69 Å². The molecule has 0 aliphatic heterocycles. The molecule has 136 valence electrons. The minimum Gasteiger partial charge on any atom is -0.274 e. The number of hydrogen-bond donors (Lipinski definition) is 0. The van der Waals surface area contributed by atoms with Gasteiger partial charge in [0.2, 0.25) is 4.96 Å². The van der Waals surface area contributed by atoms with Gasteiger partial charge in [-0.3, -0.25) is 9.36 Å². The molecule has 7 nitrogen and oxygen atoms in total. The first-order valence-electron chi connectivity index (χ1n) is 8.69. The van der Waals surface area contributed by atoms with Crippen LogP contribution in [0.2, 0.25) is 0 Å². The first-order chi connectivity index (χ1) is 13.2. The largest absolute Gasteiger partial charge is 0.275 e. The van der Waals surface area contributed by atoms with Crippen molar-refractivity contribution in [2.75, 3.05) is 0 Å². The van der Waals surface area contributed by atoms with Gasteiger partial charge in [-0.2, -0.15) is 9.61 Å². The van der Waals surface area contributed by atoms with Crippen LogP contribution in [0.4, 0.5) is 0 Å². The van der Waals surface area contributed by atoms with Crippen molar-refractivity contribution in [2.24, 2.45) is 0 Å². The Morgan fingerprint density at radius 2 is 2.04 bits per heavy atom. The molecule has 1 saturated carbocycles. The van der Waals surface area contributed by atoms with Gasteiger partial charge in [0.25, 0.3) is 5.56 Å². The average molecular weight is 397 g/mol. The van der Waals surface area contributed by atoms with Crippen LogP contribution in [-0.4, -0.2) is 29.4 Å². The van der Waals surface area contributed by atoms with Gasteiger partial charge in [0.15, 0.2) is 5.16 Å². The second-order valence-corrected chi connectivity index (χ2v) is 8.48. The lowest BCUT2D eigenvalue weighted by molar-refractivity contribution is 0.828. The SMILES string of the molecule is Cc1cc(=O)n2nc(CSc3nnc(C4CC4)n3-c3ccccc3)sc2n1. The predicted octanol–water partition coefficient (Wildman–Crippen LogP) is 3.21. The fourth-order valence-electron chi connectivity index (χ4n) is 2.95. The van der Waals surface area contributed by atoms with Crippen LogP contribution >= 0.6 is 23.1 Å². The maximum Gasteiger partial charge on any atom is 0.275 e. The predicted molar refractivity (Wildman–Crippen MR) is 105 cm³/mol. The highest BCUT2D eigenvalue weighted by Gasteiger charge is 2.31. The standard InChI is InChI=1S/C18H16N6OS2/c1-11-9-15(25)24-17(19-11)27-14(22-24)10-26-18-21-20-16(12-7-8-12)23(18)13-5-3-2-4-6-13/h2-6,9,12H,7-8,10H2,1H3. The van der Waals surface area contributed by atoms with Gasteiger partial charge in [-0.15, -0.1) is 10.2 Å². The van der Waals surface area contributed by atoms with Crippen molar-refractivity contribution in [2.45, 2.75) is 36.6 Å². The van der Waals surface area contributed by atoms with E-state index in [0.717, 1.165) is 21.7 Å². The van der Waals surface area contributed by atoms with Crippen LogP contribution in [-0.2, 0) is 5.75 Å². The van der Waals surface area contributed by atoms with Crippen LogP contribution in [0.1, 0.15) is 35.3 Å². The van der Waals surface area contributed by atoms with Gasteiger partial charge in [-0.05, 0) is 31.9 Å². The highest BCUT2D eigenvalue weighted by molar-refractivity contribution is 7.98. The summed E-state index contributed by atoms with van der Waals surface area (Å²) >= 11 is 3.01. The summed E-state index contributed by atoms with van der Waals surface area (Å²) in [6.45, 7) is 1.82. The smallest absolute Gasteiger partial charge is 0.274 e. The second-order valence-electron chi connectivity index (χ2n) is 6.50. The van der Waals surface area contributed by atoms with Crippen molar-refractivity contribution < 1.29 is 0 Å². The topological polar surface area (TPSA) is 78.0 Å². The van der Waals surface area contributed by atoms with E-state index in [0.29, 0.717) is 22.3 Å². The quantitative estimate of drug-likeness (QED) is 0.482. The molecule has 0 N–H and O–H groups in total. The molecule has 0 unspecified atom stereocenters. The number of rotatable bonds is 5. The molecule has 1 aromatic carbocycles. The van der Waals surface area contributed by atoms with E-state index in [1.165, 1.54) is 34.8 Å². The minimum atomic E-state index is -0.145. The van der Waals surface area contributed by atoms with E-state index in [1.54, 1.807) is 11.8 Å². The third-order valence-electron chi connectivity index (χ3n) is 4.35. The maximum absolute atomic E-state index is 12.0.